The van der Waals surface area contributed by atoms with E-state index in [1.54, 1.807) is 6.07 Å². The number of benzene rings is 1. The average Bonchev–Trinajstić information content (AvgIpc) is 2.47. The van der Waals surface area contributed by atoms with Gasteiger partial charge in [0.1, 0.15) is 0 Å². The maximum Gasteiger partial charge on any atom is 0.339 e. The van der Waals surface area contributed by atoms with Crippen LogP contribution in [0.2, 0.25) is 5.02 Å². The molecule has 0 heterocycles. The van der Waals surface area contributed by atoms with Crippen LogP contribution in [0.1, 0.15) is 42.5 Å². The highest BCUT2D eigenvalue weighted by Crippen LogP contribution is 2.28. The molecule has 0 spiro atoms. The molecule has 0 aliphatic heterocycles. The normalized spacial score (nSPS) is 17.1. The van der Waals surface area contributed by atoms with E-state index in [2.05, 4.69) is 10.1 Å². The molecule has 3 N–H and O–H groups in total. The first-order valence-corrected chi connectivity index (χ1v) is 7.32. The zero-order valence-corrected chi connectivity index (χ0v) is 12.7. The fraction of sp³-hybridized carbons (Fsp3) is 0.467. The molecule has 2 rings (SSSR count). The molecule has 1 aromatic carbocycles. The number of halogens is 1. The minimum Gasteiger partial charge on any atom is -0.465 e. The third-order valence-electron chi connectivity index (χ3n) is 3.83. The van der Waals surface area contributed by atoms with Crippen LogP contribution in [0.4, 0.5) is 5.69 Å². The lowest BCUT2D eigenvalue weighted by Crippen LogP contribution is -2.52. The lowest BCUT2D eigenvalue weighted by atomic mass is 9.82. The number of amides is 1. The summed E-state index contributed by atoms with van der Waals surface area (Å²) in [7, 11) is 1.29. The van der Waals surface area contributed by atoms with Gasteiger partial charge < -0.3 is 15.8 Å². The second-order valence-corrected chi connectivity index (χ2v) is 5.76. The van der Waals surface area contributed by atoms with Crippen LogP contribution in [0, 0.1) is 0 Å². The van der Waals surface area contributed by atoms with Crippen LogP contribution in [-0.2, 0) is 9.53 Å². The molecule has 0 bridgehead atoms. The van der Waals surface area contributed by atoms with Crippen LogP contribution < -0.4 is 11.1 Å². The Balaban J connectivity index is 2.11. The van der Waals surface area contributed by atoms with Gasteiger partial charge in [0.2, 0.25) is 5.91 Å². The van der Waals surface area contributed by atoms with Crippen molar-refractivity contribution in [2.75, 3.05) is 12.4 Å². The molecule has 1 saturated carbocycles. The molecular weight excluding hydrogens is 292 g/mol. The molecule has 0 aromatic heterocycles. The fourth-order valence-electron chi connectivity index (χ4n) is 2.53. The lowest BCUT2D eigenvalue weighted by Gasteiger charge is -2.31. The first kappa shape index (κ1) is 15.8. The lowest BCUT2D eigenvalue weighted by molar-refractivity contribution is -0.122. The van der Waals surface area contributed by atoms with Crippen molar-refractivity contribution in [2.24, 2.45) is 5.73 Å². The zero-order valence-electron chi connectivity index (χ0n) is 11.9. The number of ether oxygens (including phenoxy) is 1. The van der Waals surface area contributed by atoms with Gasteiger partial charge in [-0.05, 0) is 31.0 Å². The van der Waals surface area contributed by atoms with Gasteiger partial charge in [-0.2, -0.15) is 0 Å². The first-order chi connectivity index (χ1) is 9.96. The number of hydrogen-bond donors (Lipinski definition) is 2. The van der Waals surface area contributed by atoms with Crippen molar-refractivity contribution in [1.29, 1.82) is 0 Å². The number of carbonyl (C=O) groups is 2. The van der Waals surface area contributed by atoms with Gasteiger partial charge >= 0.3 is 5.97 Å². The minimum absolute atomic E-state index is 0.205. The number of nitrogens with one attached hydrogen (secondary N) is 1. The molecule has 1 fully saturated rings. The number of rotatable bonds is 3. The molecular formula is C15H19ClN2O3. The molecule has 1 aliphatic carbocycles. The number of esters is 1. The second kappa shape index (κ2) is 6.45. The Morgan fingerprint density at radius 2 is 1.95 bits per heavy atom. The van der Waals surface area contributed by atoms with Crippen molar-refractivity contribution in [3.63, 3.8) is 0 Å². The fourth-order valence-corrected chi connectivity index (χ4v) is 2.79. The summed E-state index contributed by atoms with van der Waals surface area (Å²) in [5.74, 6) is -0.718. The van der Waals surface area contributed by atoms with Crippen molar-refractivity contribution in [3.05, 3.63) is 28.8 Å². The Bertz CT molecular complexity index is 554. The van der Waals surface area contributed by atoms with Crippen LogP contribution in [0.3, 0.4) is 0 Å². The molecule has 21 heavy (non-hydrogen) atoms. The van der Waals surface area contributed by atoms with E-state index in [0.29, 0.717) is 18.5 Å². The SMILES string of the molecule is COC(=O)c1ccc(NC(=O)C2(N)CCCCC2)cc1Cl. The van der Waals surface area contributed by atoms with Crippen molar-refractivity contribution in [1.82, 2.24) is 0 Å². The first-order valence-electron chi connectivity index (χ1n) is 6.94. The summed E-state index contributed by atoms with van der Waals surface area (Å²) in [6, 6.07) is 4.66. The van der Waals surface area contributed by atoms with Gasteiger partial charge in [-0.15, -0.1) is 0 Å². The summed E-state index contributed by atoms with van der Waals surface area (Å²) in [5.41, 5.74) is 6.14. The maximum absolute atomic E-state index is 12.3. The number of methoxy groups -OCH3 is 1. The van der Waals surface area contributed by atoms with E-state index >= 15 is 0 Å². The summed E-state index contributed by atoms with van der Waals surface area (Å²) < 4.78 is 4.62. The molecule has 6 heteroatoms. The predicted octanol–water partition coefficient (Wildman–Crippen LogP) is 2.73. The van der Waals surface area contributed by atoms with Gasteiger partial charge in [0.05, 0.1) is 23.2 Å². The van der Waals surface area contributed by atoms with Gasteiger partial charge in [0.25, 0.3) is 0 Å². The van der Waals surface area contributed by atoms with E-state index in [0.717, 1.165) is 19.3 Å². The van der Waals surface area contributed by atoms with Gasteiger partial charge in [-0.1, -0.05) is 30.9 Å². The van der Waals surface area contributed by atoms with Crippen molar-refractivity contribution in [2.45, 2.75) is 37.6 Å². The summed E-state index contributed by atoms with van der Waals surface area (Å²) in [6.07, 6.45) is 4.42. The van der Waals surface area contributed by atoms with Crippen molar-refractivity contribution < 1.29 is 14.3 Å². The summed E-state index contributed by atoms with van der Waals surface area (Å²) in [5, 5.41) is 3.01. The van der Waals surface area contributed by atoms with E-state index in [-0.39, 0.29) is 16.5 Å². The van der Waals surface area contributed by atoms with Crippen LogP contribution in [-0.4, -0.2) is 24.5 Å². The highest BCUT2D eigenvalue weighted by atomic mass is 35.5. The summed E-state index contributed by atoms with van der Waals surface area (Å²) in [4.78, 5) is 23.8. The molecule has 5 nitrogen and oxygen atoms in total. The molecule has 1 aliphatic rings. The van der Waals surface area contributed by atoms with Gasteiger partial charge in [0, 0.05) is 5.69 Å². The number of anilines is 1. The van der Waals surface area contributed by atoms with E-state index < -0.39 is 11.5 Å². The Morgan fingerprint density at radius 1 is 1.29 bits per heavy atom. The molecule has 1 aromatic rings. The van der Waals surface area contributed by atoms with Gasteiger partial charge in [0.15, 0.2) is 0 Å². The highest BCUT2D eigenvalue weighted by Gasteiger charge is 2.35. The second-order valence-electron chi connectivity index (χ2n) is 5.36. The standard InChI is InChI=1S/C15H19ClN2O3/c1-21-13(19)11-6-5-10(9-12(11)16)18-14(20)15(17)7-3-2-4-8-15/h5-6,9H,2-4,7-8,17H2,1H3,(H,18,20). The van der Waals surface area contributed by atoms with E-state index in [1.807, 2.05) is 0 Å². The number of carbonyl (C=O) groups excluding carboxylic acids is 2. The third kappa shape index (κ3) is 3.54. The molecule has 0 radical (unpaired) electrons. The predicted molar refractivity (Wildman–Crippen MR) is 81.4 cm³/mol. The minimum atomic E-state index is -0.814. The van der Waals surface area contributed by atoms with E-state index in [1.165, 1.54) is 19.2 Å². The molecule has 0 atom stereocenters. The smallest absolute Gasteiger partial charge is 0.339 e. The number of hydrogen-bond acceptors (Lipinski definition) is 4. The van der Waals surface area contributed by atoms with E-state index in [9.17, 15) is 9.59 Å². The van der Waals surface area contributed by atoms with Crippen LogP contribution >= 0.6 is 11.6 Å². The van der Waals surface area contributed by atoms with Gasteiger partial charge in [-0.25, -0.2) is 4.79 Å². The van der Waals surface area contributed by atoms with E-state index in [4.69, 9.17) is 17.3 Å². The average molecular weight is 311 g/mol. The maximum atomic E-state index is 12.3. The molecule has 1 amide bonds. The topological polar surface area (TPSA) is 81.4 Å². The van der Waals surface area contributed by atoms with Crippen molar-refractivity contribution >= 4 is 29.2 Å². The largest absolute Gasteiger partial charge is 0.465 e. The molecule has 0 saturated heterocycles. The van der Waals surface area contributed by atoms with Crippen LogP contribution in [0.15, 0.2) is 18.2 Å². The van der Waals surface area contributed by atoms with Crippen molar-refractivity contribution in [3.8, 4) is 0 Å². The highest BCUT2D eigenvalue weighted by molar-refractivity contribution is 6.34. The number of nitrogens with two attached hydrogens (primary N) is 1. The van der Waals surface area contributed by atoms with Crippen LogP contribution in [0.5, 0.6) is 0 Å². The quantitative estimate of drug-likeness (QED) is 0.841. The van der Waals surface area contributed by atoms with Gasteiger partial charge in [-0.3, -0.25) is 4.79 Å². The Hall–Kier alpha value is -1.59. The monoisotopic (exact) mass is 310 g/mol. The summed E-state index contributed by atoms with van der Waals surface area (Å²) >= 11 is 6.02. The summed E-state index contributed by atoms with van der Waals surface area (Å²) in [6.45, 7) is 0. The zero-order chi connectivity index (χ0) is 15.5. The molecule has 114 valence electrons. The Labute approximate surface area is 128 Å². The third-order valence-corrected chi connectivity index (χ3v) is 4.14. The molecule has 0 unspecified atom stereocenters. The van der Waals surface area contributed by atoms with Crippen LogP contribution in [0.25, 0.3) is 0 Å². The Kier molecular flexibility index (Phi) is 4.85. The Morgan fingerprint density at radius 3 is 2.52 bits per heavy atom.